The highest BCUT2D eigenvalue weighted by Crippen LogP contribution is 2.35. The maximum absolute atomic E-state index is 13.6. The highest BCUT2D eigenvalue weighted by atomic mass is 35.5. The van der Waals surface area contributed by atoms with Gasteiger partial charge in [0.1, 0.15) is 5.82 Å². The highest BCUT2D eigenvalue weighted by molar-refractivity contribution is 6.30. The summed E-state index contributed by atoms with van der Waals surface area (Å²) in [6.45, 7) is 0. The number of benzene rings is 2. The van der Waals surface area contributed by atoms with Crippen LogP contribution in [0, 0.1) is 11.7 Å². The lowest BCUT2D eigenvalue weighted by Crippen LogP contribution is -2.14. The Hall–Kier alpha value is -1.38. The smallest absolute Gasteiger partial charge is 0.142 e. The maximum atomic E-state index is 13.6. The van der Waals surface area contributed by atoms with Crippen molar-refractivity contribution in [2.45, 2.75) is 31.8 Å². The summed E-state index contributed by atoms with van der Waals surface area (Å²) in [5.41, 5.74) is 3.14. The normalized spacial score (nSPS) is 21.7. The summed E-state index contributed by atoms with van der Waals surface area (Å²) in [5.74, 6) is -0.271. The Morgan fingerprint density at radius 1 is 1.19 bits per heavy atom. The molecule has 0 radical (unpaired) electrons. The molecule has 2 atom stereocenters. The van der Waals surface area contributed by atoms with Crippen LogP contribution >= 0.6 is 11.6 Å². The fraction of sp³-hybridized carbons (Fsp3) is 0.333. The second-order valence-corrected chi connectivity index (χ2v) is 6.16. The summed E-state index contributed by atoms with van der Waals surface area (Å²) >= 11 is 5.72. The fourth-order valence-corrected chi connectivity index (χ4v) is 3.32. The molecule has 2 unspecified atom stereocenters. The topological polar surface area (TPSA) is 20.2 Å². The quantitative estimate of drug-likeness (QED) is 0.797. The van der Waals surface area contributed by atoms with E-state index < -0.39 is 11.9 Å². The van der Waals surface area contributed by atoms with Gasteiger partial charge < -0.3 is 5.11 Å². The monoisotopic (exact) mass is 304 g/mol. The molecule has 0 aromatic heterocycles. The van der Waals surface area contributed by atoms with Crippen LogP contribution in [0.2, 0.25) is 5.02 Å². The van der Waals surface area contributed by atoms with E-state index in [9.17, 15) is 9.50 Å². The minimum atomic E-state index is -0.484. The zero-order valence-corrected chi connectivity index (χ0v) is 12.5. The molecule has 0 saturated carbocycles. The first-order chi connectivity index (χ1) is 10.1. The van der Waals surface area contributed by atoms with Crippen LogP contribution in [0.1, 0.15) is 35.6 Å². The van der Waals surface area contributed by atoms with Gasteiger partial charge in [0.15, 0.2) is 0 Å². The number of hydrogen-bond acceptors (Lipinski definition) is 1. The molecule has 3 heteroatoms. The van der Waals surface area contributed by atoms with Gasteiger partial charge in [-0.15, -0.1) is 0 Å². The Bertz CT molecular complexity index is 641. The lowest BCUT2D eigenvalue weighted by atomic mass is 9.88. The summed E-state index contributed by atoms with van der Waals surface area (Å²) in [6.07, 6.45) is 3.18. The zero-order chi connectivity index (χ0) is 14.8. The molecule has 1 aliphatic carbocycles. The summed E-state index contributed by atoms with van der Waals surface area (Å²) in [4.78, 5) is 0. The second-order valence-electron chi connectivity index (χ2n) is 5.75. The van der Waals surface area contributed by atoms with E-state index in [0.717, 1.165) is 30.4 Å². The van der Waals surface area contributed by atoms with Crippen LogP contribution in [0.25, 0.3) is 0 Å². The number of hydrogen-bond donors (Lipinski definition) is 1. The van der Waals surface area contributed by atoms with Crippen molar-refractivity contribution in [2.75, 3.05) is 0 Å². The van der Waals surface area contributed by atoms with Crippen LogP contribution in [-0.2, 0) is 12.8 Å². The zero-order valence-electron chi connectivity index (χ0n) is 11.7. The van der Waals surface area contributed by atoms with E-state index in [1.807, 2.05) is 24.3 Å². The molecular formula is C18H18ClFO. The summed E-state index contributed by atoms with van der Waals surface area (Å²) in [7, 11) is 0. The van der Waals surface area contributed by atoms with Gasteiger partial charge in [0.25, 0.3) is 0 Å². The third kappa shape index (κ3) is 3.12. The molecule has 0 bridgehead atoms. The van der Waals surface area contributed by atoms with Gasteiger partial charge in [-0.05, 0) is 60.4 Å². The van der Waals surface area contributed by atoms with Gasteiger partial charge in [0, 0.05) is 0 Å². The molecule has 110 valence electrons. The maximum Gasteiger partial charge on any atom is 0.142 e. The van der Waals surface area contributed by atoms with Crippen molar-refractivity contribution in [2.24, 2.45) is 5.92 Å². The van der Waals surface area contributed by atoms with Crippen LogP contribution in [0.5, 0.6) is 0 Å². The average Bonchev–Trinajstić information content (AvgIpc) is 2.64. The van der Waals surface area contributed by atoms with E-state index in [1.54, 1.807) is 6.07 Å². The lowest BCUT2D eigenvalue weighted by molar-refractivity contribution is 0.105. The van der Waals surface area contributed by atoms with Crippen LogP contribution in [0.3, 0.4) is 0 Å². The van der Waals surface area contributed by atoms with E-state index in [2.05, 4.69) is 6.07 Å². The van der Waals surface area contributed by atoms with Gasteiger partial charge in [-0.2, -0.15) is 0 Å². The lowest BCUT2D eigenvalue weighted by Gasteiger charge is -2.22. The van der Waals surface area contributed by atoms with Crippen molar-refractivity contribution in [1.29, 1.82) is 0 Å². The van der Waals surface area contributed by atoms with Gasteiger partial charge in [0.2, 0.25) is 0 Å². The molecule has 2 aromatic carbocycles. The third-order valence-corrected chi connectivity index (χ3v) is 4.63. The molecule has 1 N–H and O–H groups in total. The summed E-state index contributed by atoms with van der Waals surface area (Å²) in [5, 5.41) is 10.8. The van der Waals surface area contributed by atoms with Gasteiger partial charge >= 0.3 is 0 Å². The van der Waals surface area contributed by atoms with E-state index in [4.69, 9.17) is 11.6 Å². The standard InChI is InChI=1S/C18H18ClFO/c19-16-9-8-12(11-17(16)20)10-14-6-3-5-13-4-1-2-7-15(13)18(14)21/h1-2,4,7-9,11,14,18,21H,3,5-6,10H2. The fourth-order valence-electron chi connectivity index (χ4n) is 3.20. The number of halogens is 2. The van der Waals surface area contributed by atoms with Crippen molar-refractivity contribution in [3.05, 3.63) is 70.0 Å². The van der Waals surface area contributed by atoms with Crippen LogP contribution < -0.4 is 0 Å². The molecule has 2 aromatic rings. The van der Waals surface area contributed by atoms with E-state index in [0.29, 0.717) is 6.42 Å². The van der Waals surface area contributed by atoms with Crippen LogP contribution in [-0.4, -0.2) is 5.11 Å². The molecular weight excluding hydrogens is 287 g/mol. The molecule has 0 aliphatic heterocycles. The second kappa shape index (κ2) is 6.17. The Balaban J connectivity index is 1.84. The minimum Gasteiger partial charge on any atom is -0.388 e. The first kappa shape index (κ1) is 14.6. The van der Waals surface area contributed by atoms with Gasteiger partial charge in [0.05, 0.1) is 11.1 Å². The minimum absolute atomic E-state index is 0.120. The molecule has 0 fully saturated rings. The predicted octanol–water partition coefficient (Wildman–Crippen LogP) is 4.71. The number of aliphatic hydroxyl groups is 1. The predicted molar refractivity (Wildman–Crippen MR) is 82.9 cm³/mol. The third-order valence-electron chi connectivity index (χ3n) is 4.32. The molecule has 1 nitrogen and oxygen atoms in total. The summed E-state index contributed by atoms with van der Waals surface area (Å²) in [6, 6.07) is 13.0. The Morgan fingerprint density at radius 2 is 2.00 bits per heavy atom. The molecule has 21 heavy (non-hydrogen) atoms. The Labute approximate surface area is 129 Å². The molecule has 1 aliphatic rings. The number of aliphatic hydroxyl groups excluding tert-OH is 1. The Kier molecular flexibility index (Phi) is 4.27. The van der Waals surface area contributed by atoms with Gasteiger partial charge in [-0.25, -0.2) is 4.39 Å². The van der Waals surface area contributed by atoms with Crippen molar-refractivity contribution in [3.8, 4) is 0 Å². The number of rotatable bonds is 2. The molecule has 0 heterocycles. The molecule has 0 spiro atoms. The number of aryl methyl sites for hydroxylation is 1. The SMILES string of the molecule is OC1c2ccccc2CCCC1Cc1ccc(Cl)c(F)c1. The molecule has 0 saturated heterocycles. The largest absolute Gasteiger partial charge is 0.388 e. The van der Waals surface area contributed by atoms with Crippen molar-refractivity contribution >= 4 is 11.6 Å². The molecule has 3 rings (SSSR count). The van der Waals surface area contributed by atoms with Crippen molar-refractivity contribution < 1.29 is 9.50 Å². The Morgan fingerprint density at radius 3 is 2.81 bits per heavy atom. The number of fused-ring (bicyclic) bond motifs is 1. The van der Waals surface area contributed by atoms with Gasteiger partial charge in [-0.3, -0.25) is 0 Å². The van der Waals surface area contributed by atoms with Gasteiger partial charge in [-0.1, -0.05) is 41.9 Å². The first-order valence-electron chi connectivity index (χ1n) is 7.35. The van der Waals surface area contributed by atoms with E-state index in [1.165, 1.54) is 11.6 Å². The van der Waals surface area contributed by atoms with Crippen LogP contribution in [0.4, 0.5) is 4.39 Å². The van der Waals surface area contributed by atoms with E-state index >= 15 is 0 Å². The first-order valence-corrected chi connectivity index (χ1v) is 7.73. The highest BCUT2D eigenvalue weighted by Gasteiger charge is 2.26. The summed E-state index contributed by atoms with van der Waals surface area (Å²) < 4.78 is 13.6. The van der Waals surface area contributed by atoms with Crippen molar-refractivity contribution in [1.82, 2.24) is 0 Å². The average molecular weight is 305 g/mol. The van der Waals surface area contributed by atoms with Crippen LogP contribution in [0.15, 0.2) is 42.5 Å². The van der Waals surface area contributed by atoms with Crippen molar-refractivity contribution in [3.63, 3.8) is 0 Å². The van der Waals surface area contributed by atoms with E-state index in [-0.39, 0.29) is 10.9 Å². The molecule has 0 amide bonds.